The third-order valence-corrected chi connectivity index (χ3v) is 2.83. The van der Waals surface area contributed by atoms with Crippen molar-refractivity contribution in [2.75, 3.05) is 5.32 Å². The van der Waals surface area contributed by atoms with Gasteiger partial charge in [0.05, 0.1) is 28.2 Å². The standard InChI is InChI=1S/C14H12FN3O3/c1-7-6-10(8(2)18-17-7)13(19)16-12-9(14(20)21)4-3-5-11(12)15/h3-6H,1-2H3,(H,16,19)(H,20,21). The molecule has 108 valence electrons. The Morgan fingerprint density at radius 2 is 1.90 bits per heavy atom. The van der Waals surface area contributed by atoms with Crippen molar-refractivity contribution in [3.63, 3.8) is 0 Å². The van der Waals surface area contributed by atoms with Crippen LogP contribution in [0.2, 0.25) is 0 Å². The number of aromatic nitrogens is 2. The first kappa shape index (κ1) is 14.6. The average molecular weight is 289 g/mol. The maximum atomic E-state index is 13.8. The van der Waals surface area contributed by atoms with Crippen LogP contribution in [0.5, 0.6) is 0 Å². The number of nitrogens with one attached hydrogen (secondary N) is 1. The van der Waals surface area contributed by atoms with E-state index in [1.165, 1.54) is 18.2 Å². The molecule has 1 aromatic heterocycles. The lowest BCUT2D eigenvalue weighted by atomic mass is 10.1. The van der Waals surface area contributed by atoms with Crippen molar-refractivity contribution in [1.82, 2.24) is 10.2 Å². The number of benzene rings is 1. The number of aromatic carboxylic acids is 1. The van der Waals surface area contributed by atoms with Gasteiger partial charge in [0.2, 0.25) is 0 Å². The van der Waals surface area contributed by atoms with Gasteiger partial charge in [-0.1, -0.05) is 6.07 Å². The molecule has 7 heteroatoms. The third kappa shape index (κ3) is 3.02. The molecule has 0 aliphatic heterocycles. The number of hydrogen-bond acceptors (Lipinski definition) is 4. The van der Waals surface area contributed by atoms with Crippen LogP contribution in [-0.4, -0.2) is 27.2 Å². The smallest absolute Gasteiger partial charge is 0.337 e. The van der Waals surface area contributed by atoms with Crippen LogP contribution >= 0.6 is 0 Å². The number of aryl methyl sites for hydroxylation is 2. The van der Waals surface area contributed by atoms with Crippen LogP contribution < -0.4 is 5.32 Å². The van der Waals surface area contributed by atoms with Crippen LogP contribution in [0.4, 0.5) is 10.1 Å². The first-order valence-corrected chi connectivity index (χ1v) is 6.04. The predicted octanol–water partition coefficient (Wildman–Crippen LogP) is 2.18. The summed E-state index contributed by atoms with van der Waals surface area (Å²) in [6.07, 6.45) is 0. The van der Waals surface area contributed by atoms with Gasteiger partial charge >= 0.3 is 5.97 Å². The van der Waals surface area contributed by atoms with E-state index < -0.39 is 17.7 Å². The number of anilines is 1. The Kier molecular flexibility index (Phi) is 3.93. The molecule has 1 aromatic carbocycles. The van der Waals surface area contributed by atoms with E-state index in [1.54, 1.807) is 13.8 Å². The van der Waals surface area contributed by atoms with Crippen molar-refractivity contribution >= 4 is 17.6 Å². The van der Waals surface area contributed by atoms with E-state index in [0.717, 1.165) is 6.07 Å². The first-order chi connectivity index (χ1) is 9.90. The van der Waals surface area contributed by atoms with Crippen molar-refractivity contribution in [2.24, 2.45) is 0 Å². The summed E-state index contributed by atoms with van der Waals surface area (Å²) in [6, 6.07) is 5.05. The molecule has 0 bridgehead atoms. The molecule has 0 unspecified atom stereocenters. The van der Waals surface area contributed by atoms with Gasteiger partial charge < -0.3 is 10.4 Å². The maximum absolute atomic E-state index is 13.8. The maximum Gasteiger partial charge on any atom is 0.337 e. The summed E-state index contributed by atoms with van der Waals surface area (Å²) >= 11 is 0. The molecule has 6 nitrogen and oxygen atoms in total. The summed E-state index contributed by atoms with van der Waals surface area (Å²) < 4.78 is 13.8. The Morgan fingerprint density at radius 3 is 2.57 bits per heavy atom. The summed E-state index contributed by atoms with van der Waals surface area (Å²) in [5.74, 6) is -2.79. The van der Waals surface area contributed by atoms with Crippen molar-refractivity contribution in [1.29, 1.82) is 0 Å². The van der Waals surface area contributed by atoms with Gasteiger partial charge in [-0.2, -0.15) is 10.2 Å². The number of carboxylic acids is 1. The van der Waals surface area contributed by atoms with Crippen LogP contribution in [0.25, 0.3) is 0 Å². The fraction of sp³-hybridized carbons (Fsp3) is 0.143. The molecule has 2 aromatic rings. The fourth-order valence-electron chi connectivity index (χ4n) is 1.79. The van der Waals surface area contributed by atoms with Crippen LogP contribution in [0.3, 0.4) is 0 Å². The molecule has 1 amide bonds. The number of carbonyl (C=O) groups is 2. The number of carboxylic acid groups (broad SMARTS) is 1. The Morgan fingerprint density at radius 1 is 1.19 bits per heavy atom. The number of amides is 1. The molecular formula is C14H12FN3O3. The van der Waals surface area contributed by atoms with Crippen LogP contribution in [0, 0.1) is 19.7 Å². The van der Waals surface area contributed by atoms with E-state index in [4.69, 9.17) is 5.11 Å². The van der Waals surface area contributed by atoms with E-state index >= 15 is 0 Å². The Labute approximate surface area is 119 Å². The van der Waals surface area contributed by atoms with Gasteiger partial charge in [0.15, 0.2) is 0 Å². The highest BCUT2D eigenvalue weighted by atomic mass is 19.1. The van der Waals surface area contributed by atoms with E-state index in [9.17, 15) is 14.0 Å². The Hall–Kier alpha value is -2.83. The topological polar surface area (TPSA) is 92.2 Å². The van der Waals surface area contributed by atoms with Gasteiger partial charge in [-0.25, -0.2) is 9.18 Å². The van der Waals surface area contributed by atoms with Gasteiger partial charge in [-0.3, -0.25) is 4.79 Å². The second-order valence-electron chi connectivity index (χ2n) is 4.41. The van der Waals surface area contributed by atoms with E-state index in [2.05, 4.69) is 15.5 Å². The summed E-state index contributed by atoms with van der Waals surface area (Å²) in [5.41, 5.74) is 0.412. The molecule has 0 aliphatic rings. The molecule has 0 saturated heterocycles. The Balaban J connectivity index is 2.41. The summed E-state index contributed by atoms with van der Waals surface area (Å²) in [4.78, 5) is 23.2. The second-order valence-corrected chi connectivity index (χ2v) is 4.41. The predicted molar refractivity (Wildman–Crippen MR) is 72.8 cm³/mol. The lowest BCUT2D eigenvalue weighted by molar-refractivity contribution is 0.0697. The summed E-state index contributed by atoms with van der Waals surface area (Å²) in [6.45, 7) is 3.25. The quantitative estimate of drug-likeness (QED) is 0.903. The first-order valence-electron chi connectivity index (χ1n) is 6.04. The van der Waals surface area contributed by atoms with Gasteiger partial charge in [-0.05, 0) is 32.0 Å². The minimum absolute atomic E-state index is 0.210. The number of hydrogen-bond donors (Lipinski definition) is 2. The van der Waals surface area contributed by atoms with Crippen molar-refractivity contribution in [3.05, 3.63) is 52.6 Å². The molecule has 0 radical (unpaired) electrons. The zero-order valence-corrected chi connectivity index (χ0v) is 11.3. The Bertz CT molecular complexity index is 731. The molecule has 0 saturated carbocycles. The van der Waals surface area contributed by atoms with Gasteiger partial charge in [-0.15, -0.1) is 0 Å². The number of para-hydroxylation sites is 1. The van der Waals surface area contributed by atoms with Gasteiger partial charge in [0.1, 0.15) is 5.82 Å². The molecule has 0 spiro atoms. The SMILES string of the molecule is Cc1cc(C(=O)Nc2c(F)cccc2C(=O)O)c(C)nn1. The van der Waals surface area contributed by atoms with Crippen LogP contribution in [-0.2, 0) is 0 Å². The van der Waals surface area contributed by atoms with Crippen molar-refractivity contribution < 1.29 is 19.1 Å². The van der Waals surface area contributed by atoms with E-state index in [0.29, 0.717) is 11.4 Å². The lowest BCUT2D eigenvalue weighted by Gasteiger charge is -2.10. The summed E-state index contributed by atoms with van der Waals surface area (Å²) in [7, 11) is 0. The number of halogens is 1. The van der Waals surface area contributed by atoms with Crippen LogP contribution in [0.15, 0.2) is 24.3 Å². The molecule has 0 aliphatic carbocycles. The molecular weight excluding hydrogens is 277 g/mol. The lowest BCUT2D eigenvalue weighted by Crippen LogP contribution is -2.18. The van der Waals surface area contributed by atoms with Gasteiger partial charge in [0.25, 0.3) is 5.91 Å². The average Bonchev–Trinajstić information content (AvgIpc) is 2.43. The van der Waals surface area contributed by atoms with Crippen molar-refractivity contribution in [3.8, 4) is 0 Å². The largest absolute Gasteiger partial charge is 0.478 e. The van der Waals surface area contributed by atoms with Crippen LogP contribution in [0.1, 0.15) is 32.1 Å². The number of carbonyl (C=O) groups excluding carboxylic acids is 1. The molecule has 0 fully saturated rings. The molecule has 0 atom stereocenters. The van der Waals surface area contributed by atoms with E-state index in [-0.39, 0.29) is 16.8 Å². The molecule has 1 heterocycles. The molecule has 2 N–H and O–H groups in total. The molecule has 21 heavy (non-hydrogen) atoms. The van der Waals surface area contributed by atoms with Gasteiger partial charge in [0, 0.05) is 0 Å². The molecule has 2 rings (SSSR count). The summed E-state index contributed by atoms with van der Waals surface area (Å²) in [5, 5.41) is 18.9. The zero-order valence-electron chi connectivity index (χ0n) is 11.3. The number of rotatable bonds is 3. The minimum atomic E-state index is -1.33. The van der Waals surface area contributed by atoms with E-state index in [1.807, 2.05) is 0 Å². The van der Waals surface area contributed by atoms with Crippen molar-refractivity contribution in [2.45, 2.75) is 13.8 Å². The number of nitrogens with zero attached hydrogens (tertiary/aromatic N) is 2. The zero-order chi connectivity index (χ0) is 15.6. The highest BCUT2D eigenvalue weighted by molar-refractivity contribution is 6.08. The fourth-order valence-corrected chi connectivity index (χ4v) is 1.79. The second kappa shape index (κ2) is 5.66. The third-order valence-electron chi connectivity index (χ3n) is 2.83. The normalized spacial score (nSPS) is 10.2. The minimum Gasteiger partial charge on any atom is -0.478 e. The highest BCUT2D eigenvalue weighted by Crippen LogP contribution is 2.21. The highest BCUT2D eigenvalue weighted by Gasteiger charge is 2.19. The monoisotopic (exact) mass is 289 g/mol.